The van der Waals surface area contributed by atoms with Gasteiger partial charge in [-0.1, -0.05) is 36.4 Å². The Hall–Kier alpha value is -3.54. The summed E-state index contributed by atoms with van der Waals surface area (Å²) in [4.78, 5) is 26.5. The maximum absolute atomic E-state index is 4.50. The lowest BCUT2D eigenvalue weighted by molar-refractivity contribution is 0.926. The Balaban J connectivity index is 1.71. The van der Waals surface area contributed by atoms with E-state index in [1.54, 1.807) is 0 Å². The molecule has 6 heteroatoms. The average Bonchev–Trinajstić information content (AvgIpc) is 2.66. The quantitative estimate of drug-likeness (QED) is 0.490. The monoisotopic (exact) mass is 396 g/mol. The van der Waals surface area contributed by atoms with Crippen LogP contribution in [0.25, 0.3) is 33.9 Å². The number of aryl methyl sites for hydroxylation is 6. The highest BCUT2D eigenvalue weighted by Gasteiger charge is 2.12. The van der Waals surface area contributed by atoms with Crippen LogP contribution in [0.3, 0.4) is 0 Å². The first-order valence-corrected chi connectivity index (χ1v) is 9.91. The lowest BCUT2D eigenvalue weighted by Gasteiger charge is -2.11. The molecule has 0 spiro atoms. The van der Waals surface area contributed by atoms with Gasteiger partial charge in [0.05, 0.1) is 0 Å². The van der Waals surface area contributed by atoms with Gasteiger partial charge < -0.3 is 0 Å². The van der Waals surface area contributed by atoms with Crippen LogP contribution in [0.4, 0.5) is 0 Å². The van der Waals surface area contributed by atoms with Crippen molar-refractivity contribution in [2.45, 2.75) is 41.5 Å². The molecule has 0 bridgehead atoms. The fourth-order valence-electron chi connectivity index (χ4n) is 3.66. The molecule has 0 unspecified atom stereocenters. The maximum atomic E-state index is 4.50. The van der Waals surface area contributed by atoms with Crippen molar-refractivity contribution in [1.29, 1.82) is 0 Å². The highest BCUT2D eigenvalue weighted by molar-refractivity contribution is 5.74. The van der Waals surface area contributed by atoms with Crippen molar-refractivity contribution in [1.82, 2.24) is 29.9 Å². The predicted molar refractivity (Wildman–Crippen MR) is 118 cm³/mol. The number of rotatable bonds is 3. The second-order valence-electron chi connectivity index (χ2n) is 7.57. The summed E-state index contributed by atoms with van der Waals surface area (Å²) in [6.45, 7) is 11.7. The summed E-state index contributed by atoms with van der Waals surface area (Å²) in [6.07, 6.45) is 0. The van der Waals surface area contributed by atoms with Crippen LogP contribution in [0.15, 0.2) is 36.4 Å². The maximum Gasteiger partial charge on any atom is 0.163 e. The molecule has 2 aromatic heterocycles. The Kier molecular flexibility index (Phi) is 5.08. The second-order valence-corrected chi connectivity index (χ2v) is 7.57. The van der Waals surface area contributed by atoms with Gasteiger partial charge in [0, 0.05) is 11.1 Å². The molecule has 30 heavy (non-hydrogen) atoms. The third-order valence-corrected chi connectivity index (χ3v) is 4.99. The van der Waals surface area contributed by atoms with Gasteiger partial charge >= 0.3 is 0 Å². The van der Waals surface area contributed by atoms with Crippen LogP contribution in [-0.4, -0.2) is 29.9 Å². The summed E-state index contributed by atoms with van der Waals surface area (Å²) in [5.41, 5.74) is 6.60. The van der Waals surface area contributed by atoms with E-state index in [1.165, 1.54) is 0 Å². The van der Waals surface area contributed by atoms with Gasteiger partial charge in [-0.05, 0) is 63.8 Å². The van der Waals surface area contributed by atoms with E-state index in [1.807, 2.05) is 27.7 Å². The third kappa shape index (κ3) is 3.94. The molecule has 0 amide bonds. The van der Waals surface area contributed by atoms with Gasteiger partial charge in [0.15, 0.2) is 11.6 Å². The minimum absolute atomic E-state index is 0.719. The minimum Gasteiger partial charge on any atom is -0.219 e. The molecule has 0 aliphatic rings. The van der Waals surface area contributed by atoms with Gasteiger partial charge in [-0.15, -0.1) is 0 Å². The molecule has 0 saturated carbocycles. The van der Waals surface area contributed by atoms with Gasteiger partial charge in [0.25, 0.3) is 0 Å². The number of hydrogen-bond donors (Lipinski definition) is 0. The second kappa shape index (κ2) is 7.71. The fourth-order valence-corrected chi connectivity index (χ4v) is 3.66. The Bertz CT molecular complexity index is 1120. The van der Waals surface area contributed by atoms with Crippen molar-refractivity contribution in [2.24, 2.45) is 0 Å². The molecule has 0 fully saturated rings. The van der Waals surface area contributed by atoms with E-state index in [0.29, 0.717) is 0 Å². The van der Waals surface area contributed by atoms with Crippen LogP contribution in [-0.2, 0) is 0 Å². The topological polar surface area (TPSA) is 77.3 Å². The Morgan fingerprint density at radius 2 is 0.767 bits per heavy atom. The SMILES string of the molecule is Cc1nc(C)nc(-c2ccc(-c3ccc(-c4nc(C)nc(C)n4)c(C)c3)cc2C)n1. The molecule has 0 aliphatic carbocycles. The zero-order valence-corrected chi connectivity index (χ0v) is 18.1. The molecule has 0 N–H and O–H groups in total. The van der Waals surface area contributed by atoms with Crippen LogP contribution in [0, 0.1) is 41.5 Å². The van der Waals surface area contributed by atoms with Crippen molar-refractivity contribution >= 4 is 0 Å². The molecular formula is C24H24N6. The van der Waals surface area contributed by atoms with E-state index in [0.717, 1.165) is 68.3 Å². The van der Waals surface area contributed by atoms with Crippen LogP contribution in [0.1, 0.15) is 34.4 Å². The van der Waals surface area contributed by atoms with E-state index in [9.17, 15) is 0 Å². The summed E-state index contributed by atoms with van der Waals surface area (Å²) in [6, 6.07) is 12.7. The van der Waals surface area contributed by atoms with Crippen molar-refractivity contribution in [3.05, 3.63) is 70.8 Å². The van der Waals surface area contributed by atoms with Gasteiger partial charge in [-0.3, -0.25) is 0 Å². The highest BCUT2D eigenvalue weighted by atomic mass is 15.0. The largest absolute Gasteiger partial charge is 0.219 e. The van der Waals surface area contributed by atoms with Gasteiger partial charge in [0.1, 0.15) is 23.3 Å². The summed E-state index contributed by atoms with van der Waals surface area (Å²) < 4.78 is 0. The molecule has 0 atom stereocenters. The summed E-state index contributed by atoms with van der Waals surface area (Å²) in [5, 5.41) is 0. The molecule has 2 aromatic carbocycles. The summed E-state index contributed by atoms with van der Waals surface area (Å²) in [5.74, 6) is 4.37. The van der Waals surface area contributed by atoms with Gasteiger partial charge in [-0.2, -0.15) is 0 Å². The molecule has 4 aromatic rings. The zero-order chi connectivity index (χ0) is 21.4. The van der Waals surface area contributed by atoms with E-state index in [4.69, 9.17) is 0 Å². The predicted octanol–water partition coefficient (Wildman–Crippen LogP) is 4.91. The van der Waals surface area contributed by atoms with Crippen molar-refractivity contribution in [2.75, 3.05) is 0 Å². The van der Waals surface area contributed by atoms with Gasteiger partial charge in [-0.25, -0.2) is 29.9 Å². The molecular weight excluding hydrogens is 372 g/mol. The van der Waals surface area contributed by atoms with Crippen LogP contribution >= 0.6 is 0 Å². The molecule has 150 valence electrons. The smallest absolute Gasteiger partial charge is 0.163 e. The van der Waals surface area contributed by atoms with Gasteiger partial charge in [0.2, 0.25) is 0 Å². The lowest BCUT2D eigenvalue weighted by Crippen LogP contribution is -2.00. The van der Waals surface area contributed by atoms with Crippen molar-refractivity contribution in [3.8, 4) is 33.9 Å². The van der Waals surface area contributed by atoms with E-state index >= 15 is 0 Å². The number of nitrogens with zero attached hydrogens (tertiary/aromatic N) is 6. The summed E-state index contributed by atoms with van der Waals surface area (Å²) >= 11 is 0. The first-order valence-electron chi connectivity index (χ1n) is 9.91. The standard InChI is InChI=1S/C24H24N6/c1-13-11-19(7-9-21(13)23-27-15(3)25-16(4)28-23)20-8-10-22(14(2)12-20)24-29-17(5)26-18(6)30-24/h7-12H,1-6H3. The number of aromatic nitrogens is 6. The Morgan fingerprint density at radius 1 is 0.433 bits per heavy atom. The molecule has 6 nitrogen and oxygen atoms in total. The first-order chi connectivity index (χ1) is 14.3. The van der Waals surface area contributed by atoms with E-state index < -0.39 is 0 Å². The van der Waals surface area contributed by atoms with Crippen LogP contribution in [0.5, 0.6) is 0 Å². The fraction of sp³-hybridized carbons (Fsp3) is 0.250. The van der Waals surface area contributed by atoms with Crippen LogP contribution in [0.2, 0.25) is 0 Å². The minimum atomic E-state index is 0.719. The number of benzene rings is 2. The zero-order valence-electron chi connectivity index (χ0n) is 18.1. The lowest BCUT2D eigenvalue weighted by atomic mass is 9.96. The average molecular weight is 396 g/mol. The van der Waals surface area contributed by atoms with Crippen molar-refractivity contribution < 1.29 is 0 Å². The normalized spacial score (nSPS) is 11.0. The highest BCUT2D eigenvalue weighted by Crippen LogP contribution is 2.30. The Labute approximate surface area is 176 Å². The molecule has 0 saturated heterocycles. The molecule has 2 heterocycles. The molecule has 4 rings (SSSR count). The van der Waals surface area contributed by atoms with E-state index in [-0.39, 0.29) is 0 Å². The molecule has 0 radical (unpaired) electrons. The van der Waals surface area contributed by atoms with E-state index in [2.05, 4.69) is 80.1 Å². The first kappa shape index (κ1) is 19.8. The number of hydrogen-bond acceptors (Lipinski definition) is 6. The summed E-state index contributed by atoms with van der Waals surface area (Å²) in [7, 11) is 0. The van der Waals surface area contributed by atoms with Crippen LogP contribution < -0.4 is 0 Å². The Morgan fingerprint density at radius 3 is 1.07 bits per heavy atom. The van der Waals surface area contributed by atoms with Crippen molar-refractivity contribution in [3.63, 3.8) is 0 Å². The molecule has 0 aliphatic heterocycles. The third-order valence-electron chi connectivity index (χ3n) is 4.99.